The first-order valence-electron chi connectivity index (χ1n) is 8.68. The zero-order chi connectivity index (χ0) is 16.5. The highest BCUT2D eigenvalue weighted by Crippen LogP contribution is 2.35. The highest BCUT2D eigenvalue weighted by atomic mass is 16.5. The van der Waals surface area contributed by atoms with Gasteiger partial charge in [0.2, 0.25) is 0 Å². The predicted octanol–water partition coefficient (Wildman–Crippen LogP) is 4.65. The van der Waals surface area contributed by atoms with Crippen LogP contribution in [0.15, 0.2) is 48.7 Å². The SMILES string of the molecule is COc1ccc(-c2ccc3[nH]cc(C4CCN(C)CC4)c3c2)cc1. The van der Waals surface area contributed by atoms with E-state index in [9.17, 15) is 0 Å². The van der Waals surface area contributed by atoms with Crippen molar-refractivity contribution in [2.75, 3.05) is 27.2 Å². The Hall–Kier alpha value is -2.26. The van der Waals surface area contributed by atoms with Gasteiger partial charge in [0.1, 0.15) is 5.75 Å². The second-order valence-corrected chi connectivity index (χ2v) is 6.81. The molecule has 0 aliphatic carbocycles. The molecule has 0 spiro atoms. The first kappa shape index (κ1) is 15.3. The van der Waals surface area contributed by atoms with E-state index in [1.165, 1.54) is 53.5 Å². The molecule has 1 fully saturated rings. The third-order valence-electron chi connectivity index (χ3n) is 5.30. The molecule has 124 valence electrons. The minimum atomic E-state index is 0.668. The average molecular weight is 320 g/mol. The Morgan fingerprint density at radius 3 is 2.42 bits per heavy atom. The third kappa shape index (κ3) is 2.80. The summed E-state index contributed by atoms with van der Waals surface area (Å²) in [7, 11) is 3.92. The molecule has 2 heterocycles. The number of aromatic nitrogens is 1. The molecule has 1 N–H and O–H groups in total. The summed E-state index contributed by atoms with van der Waals surface area (Å²) in [6, 6.07) is 15.0. The van der Waals surface area contributed by atoms with Crippen molar-refractivity contribution >= 4 is 10.9 Å². The van der Waals surface area contributed by atoms with E-state index in [0.29, 0.717) is 5.92 Å². The molecule has 0 atom stereocenters. The van der Waals surface area contributed by atoms with Gasteiger partial charge in [-0.25, -0.2) is 0 Å². The summed E-state index contributed by atoms with van der Waals surface area (Å²) in [6.07, 6.45) is 4.71. The molecule has 1 saturated heterocycles. The summed E-state index contributed by atoms with van der Waals surface area (Å²) in [5.74, 6) is 1.56. The molecule has 4 rings (SSSR count). The number of hydrogen-bond acceptors (Lipinski definition) is 2. The van der Waals surface area contributed by atoms with Crippen molar-refractivity contribution in [1.29, 1.82) is 0 Å². The Bertz CT molecular complexity index is 827. The normalized spacial score (nSPS) is 16.6. The lowest BCUT2D eigenvalue weighted by molar-refractivity contribution is 0.256. The lowest BCUT2D eigenvalue weighted by atomic mass is 9.89. The highest BCUT2D eigenvalue weighted by Gasteiger charge is 2.21. The van der Waals surface area contributed by atoms with E-state index in [1.807, 2.05) is 12.1 Å². The van der Waals surface area contributed by atoms with Gasteiger partial charge in [0, 0.05) is 17.1 Å². The van der Waals surface area contributed by atoms with Crippen molar-refractivity contribution in [1.82, 2.24) is 9.88 Å². The van der Waals surface area contributed by atoms with Crippen LogP contribution in [0, 0.1) is 0 Å². The zero-order valence-corrected chi connectivity index (χ0v) is 14.4. The maximum atomic E-state index is 5.26. The molecule has 3 nitrogen and oxygen atoms in total. The smallest absolute Gasteiger partial charge is 0.118 e. The Labute approximate surface area is 143 Å². The first-order valence-corrected chi connectivity index (χ1v) is 8.68. The van der Waals surface area contributed by atoms with Gasteiger partial charge in [-0.1, -0.05) is 18.2 Å². The number of methoxy groups -OCH3 is 1. The zero-order valence-electron chi connectivity index (χ0n) is 14.4. The lowest BCUT2D eigenvalue weighted by Gasteiger charge is -2.28. The molecule has 1 aliphatic heterocycles. The van der Waals surface area contributed by atoms with Crippen LogP contribution < -0.4 is 4.74 Å². The lowest BCUT2D eigenvalue weighted by Crippen LogP contribution is -2.29. The molecule has 2 aromatic carbocycles. The van der Waals surface area contributed by atoms with Crippen molar-refractivity contribution < 1.29 is 4.74 Å². The number of rotatable bonds is 3. The van der Waals surface area contributed by atoms with Gasteiger partial charge in [-0.05, 0) is 79.9 Å². The van der Waals surface area contributed by atoms with E-state index in [2.05, 4.69) is 53.5 Å². The maximum Gasteiger partial charge on any atom is 0.118 e. The second kappa shape index (κ2) is 6.33. The van der Waals surface area contributed by atoms with Gasteiger partial charge in [-0.3, -0.25) is 0 Å². The number of nitrogens with one attached hydrogen (secondary N) is 1. The fourth-order valence-electron chi connectivity index (χ4n) is 3.76. The third-order valence-corrected chi connectivity index (χ3v) is 5.30. The van der Waals surface area contributed by atoms with Crippen LogP contribution in [0.2, 0.25) is 0 Å². The van der Waals surface area contributed by atoms with Crippen LogP contribution in [-0.4, -0.2) is 37.1 Å². The van der Waals surface area contributed by atoms with Gasteiger partial charge in [0.25, 0.3) is 0 Å². The standard InChI is InChI=1S/C21H24N2O/c1-23-11-9-16(10-12-23)20-14-22-21-8-5-17(13-19(20)21)15-3-6-18(24-2)7-4-15/h3-8,13-14,16,22H,9-12H2,1-2H3. The van der Waals surface area contributed by atoms with E-state index in [0.717, 1.165) is 5.75 Å². The fraction of sp³-hybridized carbons (Fsp3) is 0.333. The van der Waals surface area contributed by atoms with Crippen molar-refractivity contribution in [2.24, 2.45) is 0 Å². The molecule has 0 bridgehead atoms. The summed E-state index contributed by atoms with van der Waals surface area (Å²) >= 11 is 0. The molecule has 3 aromatic rings. The van der Waals surface area contributed by atoms with Gasteiger partial charge in [-0.2, -0.15) is 0 Å². The Balaban J connectivity index is 1.70. The summed E-state index contributed by atoms with van der Waals surface area (Å²) in [4.78, 5) is 5.88. The van der Waals surface area contributed by atoms with Crippen molar-refractivity contribution in [3.8, 4) is 16.9 Å². The molecular weight excluding hydrogens is 296 g/mol. The molecule has 1 aromatic heterocycles. The van der Waals surface area contributed by atoms with E-state index in [1.54, 1.807) is 7.11 Å². The van der Waals surface area contributed by atoms with E-state index < -0.39 is 0 Å². The number of benzene rings is 2. The van der Waals surface area contributed by atoms with Crippen LogP contribution in [0.25, 0.3) is 22.0 Å². The highest BCUT2D eigenvalue weighted by molar-refractivity contribution is 5.88. The minimum absolute atomic E-state index is 0.668. The van der Waals surface area contributed by atoms with E-state index in [-0.39, 0.29) is 0 Å². The molecule has 3 heteroatoms. The van der Waals surface area contributed by atoms with E-state index in [4.69, 9.17) is 4.74 Å². The number of H-pyrrole nitrogens is 1. The van der Waals surface area contributed by atoms with E-state index >= 15 is 0 Å². The van der Waals surface area contributed by atoms with Gasteiger partial charge < -0.3 is 14.6 Å². The van der Waals surface area contributed by atoms with Crippen molar-refractivity contribution in [3.05, 3.63) is 54.2 Å². The molecule has 0 radical (unpaired) electrons. The molecule has 0 unspecified atom stereocenters. The summed E-state index contributed by atoms with van der Waals surface area (Å²) < 4.78 is 5.26. The van der Waals surface area contributed by atoms with Crippen molar-refractivity contribution in [2.45, 2.75) is 18.8 Å². The number of ether oxygens (including phenoxy) is 1. The average Bonchev–Trinajstić information content (AvgIpc) is 3.05. The number of likely N-dealkylation sites (tertiary alicyclic amines) is 1. The van der Waals surface area contributed by atoms with Crippen LogP contribution in [0.4, 0.5) is 0 Å². The quantitative estimate of drug-likeness (QED) is 0.760. The molecule has 1 aliphatic rings. The molecular formula is C21H24N2O. The van der Waals surface area contributed by atoms with Crippen LogP contribution >= 0.6 is 0 Å². The van der Waals surface area contributed by atoms with Crippen LogP contribution in [-0.2, 0) is 0 Å². The monoisotopic (exact) mass is 320 g/mol. The minimum Gasteiger partial charge on any atom is -0.497 e. The topological polar surface area (TPSA) is 28.3 Å². The van der Waals surface area contributed by atoms with Crippen LogP contribution in [0.5, 0.6) is 5.75 Å². The summed E-state index contributed by atoms with van der Waals surface area (Å²) in [5.41, 5.74) is 5.21. The molecule has 24 heavy (non-hydrogen) atoms. The number of aromatic amines is 1. The number of hydrogen-bond donors (Lipinski definition) is 1. The Kier molecular flexibility index (Phi) is 4.03. The van der Waals surface area contributed by atoms with Crippen LogP contribution in [0.3, 0.4) is 0 Å². The van der Waals surface area contributed by atoms with Crippen molar-refractivity contribution in [3.63, 3.8) is 0 Å². The second-order valence-electron chi connectivity index (χ2n) is 6.81. The Morgan fingerprint density at radius 2 is 1.71 bits per heavy atom. The maximum absolute atomic E-state index is 5.26. The van der Waals surface area contributed by atoms with Gasteiger partial charge >= 0.3 is 0 Å². The van der Waals surface area contributed by atoms with Gasteiger partial charge in [-0.15, -0.1) is 0 Å². The largest absolute Gasteiger partial charge is 0.497 e. The van der Waals surface area contributed by atoms with Crippen LogP contribution in [0.1, 0.15) is 24.3 Å². The summed E-state index contributed by atoms with van der Waals surface area (Å²) in [6.45, 7) is 2.38. The number of nitrogens with zero attached hydrogens (tertiary/aromatic N) is 1. The first-order chi connectivity index (χ1) is 11.7. The van der Waals surface area contributed by atoms with Gasteiger partial charge in [0.15, 0.2) is 0 Å². The Morgan fingerprint density at radius 1 is 1.00 bits per heavy atom. The predicted molar refractivity (Wildman–Crippen MR) is 99.8 cm³/mol. The fourth-order valence-corrected chi connectivity index (χ4v) is 3.76. The number of piperidine rings is 1. The summed E-state index contributed by atoms with van der Waals surface area (Å²) in [5, 5.41) is 1.37. The van der Waals surface area contributed by atoms with Gasteiger partial charge in [0.05, 0.1) is 7.11 Å². The number of fused-ring (bicyclic) bond motifs is 1. The molecule has 0 saturated carbocycles. The molecule has 0 amide bonds.